The van der Waals surface area contributed by atoms with E-state index in [0.29, 0.717) is 5.56 Å². The molecule has 1 aromatic carbocycles. The molecule has 4 heterocycles. The number of nitrogens with zero attached hydrogens (tertiary/aromatic N) is 5. The highest BCUT2D eigenvalue weighted by molar-refractivity contribution is 8.13. The Hall–Kier alpha value is -3.50. The number of hydrogen-bond acceptors (Lipinski definition) is 7. The van der Waals surface area contributed by atoms with Crippen LogP contribution in [0.25, 0.3) is 22.0 Å². The number of benzene rings is 1. The fourth-order valence-electron chi connectivity index (χ4n) is 3.87. The number of aromatic nitrogens is 4. The molecule has 0 saturated carbocycles. The maximum atomic E-state index is 14.5. The molecule has 0 aliphatic carbocycles. The molecule has 8 nitrogen and oxygen atoms in total. The first kappa shape index (κ1) is 21.4. The Labute approximate surface area is 194 Å². The molecule has 1 fully saturated rings. The van der Waals surface area contributed by atoms with Gasteiger partial charge in [-0.3, -0.25) is 25.1 Å². The molecular formula is C23H23FN8S. The average Bonchev–Trinajstić information content (AvgIpc) is 3.27. The van der Waals surface area contributed by atoms with E-state index in [-0.39, 0.29) is 10.7 Å². The lowest BCUT2D eigenvalue weighted by Gasteiger charge is -2.29. The van der Waals surface area contributed by atoms with Gasteiger partial charge in [0, 0.05) is 67.0 Å². The Kier molecular flexibility index (Phi) is 5.69. The molecular weight excluding hydrogens is 439 g/mol. The number of nitrogens with one attached hydrogen (secondary N) is 3. The molecule has 0 bridgehead atoms. The maximum absolute atomic E-state index is 14.5. The van der Waals surface area contributed by atoms with Crippen molar-refractivity contribution in [1.29, 1.82) is 10.8 Å². The second-order valence-corrected chi connectivity index (χ2v) is 8.95. The third-order valence-electron chi connectivity index (χ3n) is 5.61. The van der Waals surface area contributed by atoms with Gasteiger partial charge in [0.05, 0.1) is 23.6 Å². The van der Waals surface area contributed by atoms with Crippen LogP contribution in [0.1, 0.15) is 0 Å². The summed E-state index contributed by atoms with van der Waals surface area (Å²) in [5.41, 5.74) is 2.88. The first-order chi connectivity index (χ1) is 16.0. The zero-order chi connectivity index (χ0) is 22.9. The minimum absolute atomic E-state index is 0.0372. The van der Waals surface area contributed by atoms with Crippen molar-refractivity contribution in [2.45, 2.75) is 4.90 Å². The number of hydrogen-bond donors (Lipinski definition) is 3. The van der Waals surface area contributed by atoms with Gasteiger partial charge in [-0.05, 0) is 30.3 Å². The number of aryl methyl sites for hydroxylation is 1. The molecule has 3 N–H and O–H groups in total. The topological polar surface area (TPSA) is 98.6 Å². The van der Waals surface area contributed by atoms with E-state index in [1.54, 1.807) is 30.3 Å². The van der Waals surface area contributed by atoms with Gasteiger partial charge in [-0.25, -0.2) is 4.39 Å². The smallest absolute Gasteiger partial charge is 0.171 e. The van der Waals surface area contributed by atoms with Crippen LogP contribution in [0.2, 0.25) is 0 Å². The maximum Gasteiger partial charge on any atom is 0.171 e. The molecule has 168 valence electrons. The molecule has 3 aromatic heterocycles. The molecule has 4 aromatic rings. The van der Waals surface area contributed by atoms with Crippen LogP contribution in [-0.4, -0.2) is 50.7 Å². The van der Waals surface area contributed by atoms with Crippen LogP contribution in [0.5, 0.6) is 0 Å². The van der Waals surface area contributed by atoms with Gasteiger partial charge in [-0.1, -0.05) is 11.8 Å². The zero-order valence-corrected chi connectivity index (χ0v) is 18.9. The number of fused-ring (bicyclic) bond motifs is 1. The van der Waals surface area contributed by atoms with Crippen LogP contribution in [-0.2, 0) is 7.05 Å². The lowest BCUT2D eigenvalue weighted by Crippen LogP contribution is -2.43. The highest BCUT2D eigenvalue weighted by atomic mass is 32.2. The molecule has 0 atom stereocenters. The summed E-state index contributed by atoms with van der Waals surface area (Å²) in [6.07, 6.45) is 6.90. The summed E-state index contributed by atoms with van der Waals surface area (Å²) in [7, 11) is 1.78. The molecule has 5 rings (SSSR count). The van der Waals surface area contributed by atoms with Gasteiger partial charge >= 0.3 is 0 Å². The second-order valence-electron chi connectivity index (χ2n) is 7.89. The molecule has 1 saturated heterocycles. The predicted octanol–water partition coefficient (Wildman–Crippen LogP) is 3.04. The number of pyridine rings is 2. The average molecular weight is 463 g/mol. The molecule has 0 spiro atoms. The summed E-state index contributed by atoms with van der Waals surface area (Å²) in [6.45, 7) is 3.78. The summed E-state index contributed by atoms with van der Waals surface area (Å²) in [6, 6.07) is 9.22. The standard InChI is InChI=1S/C23H23FN8S/c1-30-13-17(11-29-30)16-10-20(24)22(25)32(14-16)23(26)33-19-2-3-21-15(9-19)8-18(12-28-21)31-6-4-27-5-7-31/h2-3,8-14,25-27H,4-7H2,1H3. The van der Waals surface area contributed by atoms with Crippen LogP contribution in [0.4, 0.5) is 10.1 Å². The third-order valence-corrected chi connectivity index (χ3v) is 6.49. The monoisotopic (exact) mass is 462 g/mol. The number of rotatable bonds is 3. The quantitative estimate of drug-likeness (QED) is 0.247. The highest BCUT2D eigenvalue weighted by Crippen LogP contribution is 2.27. The first-order valence-electron chi connectivity index (χ1n) is 10.6. The van der Waals surface area contributed by atoms with Gasteiger partial charge in [0.2, 0.25) is 0 Å². The number of anilines is 1. The van der Waals surface area contributed by atoms with Crippen molar-refractivity contribution in [3.63, 3.8) is 0 Å². The fraction of sp³-hybridized carbons (Fsp3) is 0.217. The molecule has 10 heteroatoms. The molecule has 0 radical (unpaired) electrons. The largest absolute Gasteiger partial charge is 0.368 e. The highest BCUT2D eigenvalue weighted by Gasteiger charge is 2.14. The lowest BCUT2D eigenvalue weighted by molar-refractivity contribution is 0.589. The molecule has 1 aliphatic heterocycles. The normalized spacial score (nSPS) is 14.1. The Balaban J connectivity index is 1.44. The predicted molar refractivity (Wildman–Crippen MR) is 128 cm³/mol. The Morgan fingerprint density at radius 3 is 2.67 bits per heavy atom. The van der Waals surface area contributed by atoms with Crippen LogP contribution in [0.3, 0.4) is 0 Å². The Morgan fingerprint density at radius 2 is 1.91 bits per heavy atom. The van der Waals surface area contributed by atoms with Crippen molar-refractivity contribution in [2.75, 3.05) is 31.1 Å². The van der Waals surface area contributed by atoms with Gasteiger partial charge < -0.3 is 10.2 Å². The molecule has 33 heavy (non-hydrogen) atoms. The van der Waals surface area contributed by atoms with E-state index >= 15 is 0 Å². The van der Waals surface area contributed by atoms with Gasteiger partial charge in [0.15, 0.2) is 16.5 Å². The summed E-state index contributed by atoms with van der Waals surface area (Å²) in [4.78, 5) is 7.72. The van der Waals surface area contributed by atoms with Crippen LogP contribution in [0.15, 0.2) is 60.0 Å². The van der Waals surface area contributed by atoms with Crippen LogP contribution >= 0.6 is 11.8 Å². The van der Waals surface area contributed by atoms with Crippen LogP contribution < -0.4 is 15.7 Å². The first-order valence-corrected chi connectivity index (χ1v) is 11.4. The molecule has 0 unspecified atom stereocenters. The van der Waals surface area contributed by atoms with E-state index in [1.807, 2.05) is 24.4 Å². The van der Waals surface area contributed by atoms with E-state index in [0.717, 1.165) is 53.2 Å². The van der Waals surface area contributed by atoms with Crippen molar-refractivity contribution >= 4 is 33.5 Å². The Morgan fingerprint density at radius 1 is 1.09 bits per heavy atom. The molecule has 1 aliphatic rings. The second kappa shape index (κ2) is 8.80. The summed E-state index contributed by atoms with van der Waals surface area (Å²) in [5.74, 6) is -0.690. The van der Waals surface area contributed by atoms with Crippen LogP contribution in [0, 0.1) is 16.6 Å². The van der Waals surface area contributed by atoms with E-state index in [9.17, 15) is 4.39 Å². The van der Waals surface area contributed by atoms with Gasteiger partial charge in [0.1, 0.15) is 0 Å². The number of piperazine rings is 1. The zero-order valence-electron chi connectivity index (χ0n) is 18.0. The van der Waals surface area contributed by atoms with E-state index in [2.05, 4.69) is 26.4 Å². The fourth-order valence-corrected chi connectivity index (χ4v) is 4.66. The minimum atomic E-state index is -0.690. The van der Waals surface area contributed by atoms with Crippen molar-refractivity contribution < 1.29 is 4.39 Å². The van der Waals surface area contributed by atoms with Crippen molar-refractivity contribution in [2.24, 2.45) is 7.05 Å². The van der Waals surface area contributed by atoms with Crippen molar-refractivity contribution in [3.05, 3.63) is 66.4 Å². The number of halogens is 1. The van der Waals surface area contributed by atoms with Crippen molar-refractivity contribution in [1.82, 2.24) is 24.6 Å². The van der Waals surface area contributed by atoms with E-state index < -0.39 is 5.82 Å². The lowest BCUT2D eigenvalue weighted by atomic mass is 10.1. The minimum Gasteiger partial charge on any atom is -0.368 e. The summed E-state index contributed by atoms with van der Waals surface area (Å²) >= 11 is 1.17. The van der Waals surface area contributed by atoms with E-state index in [4.69, 9.17) is 10.8 Å². The van der Waals surface area contributed by atoms with Gasteiger partial charge in [-0.2, -0.15) is 5.10 Å². The summed E-state index contributed by atoms with van der Waals surface area (Å²) < 4.78 is 17.4. The third kappa shape index (κ3) is 4.39. The van der Waals surface area contributed by atoms with Gasteiger partial charge in [0.25, 0.3) is 0 Å². The van der Waals surface area contributed by atoms with Crippen molar-refractivity contribution in [3.8, 4) is 11.1 Å². The molecule has 0 amide bonds. The van der Waals surface area contributed by atoms with Gasteiger partial charge in [-0.15, -0.1) is 0 Å². The SMILES string of the molecule is Cn1cc(-c2cc(F)c(=N)n(C(=N)Sc3ccc4ncc(N5CCNCC5)cc4c3)c2)cn1. The summed E-state index contributed by atoms with van der Waals surface area (Å²) in [5, 5.41) is 25.2. The Bertz CT molecular complexity index is 1400. The number of thioether (sulfide) groups is 1. The van der Waals surface area contributed by atoms with E-state index in [1.165, 1.54) is 22.4 Å².